The van der Waals surface area contributed by atoms with E-state index in [1.54, 1.807) is 30.5 Å². The number of hydrazone groups is 1. The maximum atomic E-state index is 12.4. The summed E-state index contributed by atoms with van der Waals surface area (Å²) in [6.45, 7) is 3.35. The van der Waals surface area contributed by atoms with Gasteiger partial charge in [-0.05, 0) is 48.4 Å². The van der Waals surface area contributed by atoms with E-state index < -0.39 is 0 Å². The summed E-state index contributed by atoms with van der Waals surface area (Å²) >= 11 is 0. The maximum Gasteiger partial charge on any atom is 0.271 e. The average Bonchev–Trinajstić information content (AvgIpc) is 2.84. The minimum absolute atomic E-state index is 0.283. The van der Waals surface area contributed by atoms with Crippen LogP contribution < -0.4 is 14.9 Å². The lowest BCUT2D eigenvalue weighted by Crippen LogP contribution is -2.17. The number of para-hydroxylation sites is 1. The van der Waals surface area contributed by atoms with Gasteiger partial charge in [-0.1, -0.05) is 68.7 Å². The molecule has 0 radical (unpaired) electrons. The number of unbranched alkanes of at least 4 members (excludes halogenated alkanes) is 3. The molecule has 3 rings (SSSR count). The highest BCUT2D eigenvalue weighted by atomic mass is 16.5. The van der Waals surface area contributed by atoms with E-state index in [9.17, 15) is 4.79 Å². The summed E-state index contributed by atoms with van der Waals surface area (Å²) in [4.78, 5) is 12.4. The Kier molecular flexibility index (Phi) is 9.34. The Morgan fingerprint density at radius 2 is 1.62 bits per heavy atom. The topological polar surface area (TPSA) is 59.9 Å². The van der Waals surface area contributed by atoms with Crippen LogP contribution in [0.5, 0.6) is 11.5 Å². The Bertz CT molecular complexity index is 985. The Morgan fingerprint density at radius 1 is 0.875 bits per heavy atom. The molecule has 0 saturated carbocycles. The first kappa shape index (κ1) is 23.1. The highest BCUT2D eigenvalue weighted by Gasteiger charge is 2.05. The maximum absolute atomic E-state index is 12.4. The minimum atomic E-state index is -0.283. The number of hydrogen-bond donors (Lipinski definition) is 1. The fourth-order valence-electron chi connectivity index (χ4n) is 3.10. The van der Waals surface area contributed by atoms with Crippen molar-refractivity contribution in [3.8, 4) is 11.5 Å². The molecule has 5 heteroatoms. The number of ether oxygens (including phenoxy) is 2. The van der Waals surface area contributed by atoms with Crippen molar-refractivity contribution in [3.05, 3.63) is 95.6 Å². The van der Waals surface area contributed by atoms with Gasteiger partial charge in [0.1, 0.15) is 18.1 Å². The zero-order valence-electron chi connectivity index (χ0n) is 18.5. The molecule has 5 nitrogen and oxygen atoms in total. The van der Waals surface area contributed by atoms with E-state index >= 15 is 0 Å². The number of carbonyl (C=O) groups excluding carboxylic acids is 1. The van der Waals surface area contributed by atoms with E-state index in [0.29, 0.717) is 24.5 Å². The smallest absolute Gasteiger partial charge is 0.271 e. The Morgan fingerprint density at radius 3 is 2.41 bits per heavy atom. The first-order chi connectivity index (χ1) is 15.8. The van der Waals surface area contributed by atoms with Crippen LogP contribution in [0.3, 0.4) is 0 Å². The Hall–Kier alpha value is -3.60. The third-order valence-corrected chi connectivity index (χ3v) is 4.91. The summed E-state index contributed by atoms with van der Waals surface area (Å²) in [5, 5.41) is 4.10. The monoisotopic (exact) mass is 430 g/mol. The van der Waals surface area contributed by atoms with Crippen LogP contribution in [0.2, 0.25) is 0 Å². The molecular weight excluding hydrogens is 400 g/mol. The van der Waals surface area contributed by atoms with Gasteiger partial charge in [0.25, 0.3) is 5.91 Å². The number of benzene rings is 3. The molecule has 0 bridgehead atoms. The van der Waals surface area contributed by atoms with Gasteiger partial charge in [0.05, 0.1) is 12.8 Å². The summed E-state index contributed by atoms with van der Waals surface area (Å²) in [6.07, 6.45) is 6.22. The van der Waals surface area contributed by atoms with Gasteiger partial charge in [-0.15, -0.1) is 0 Å². The second-order valence-corrected chi connectivity index (χ2v) is 7.44. The van der Waals surface area contributed by atoms with E-state index in [1.807, 2.05) is 54.6 Å². The van der Waals surface area contributed by atoms with E-state index in [2.05, 4.69) is 17.5 Å². The van der Waals surface area contributed by atoms with Gasteiger partial charge < -0.3 is 9.47 Å². The van der Waals surface area contributed by atoms with E-state index in [1.165, 1.54) is 19.3 Å². The molecular formula is C27H30N2O3. The van der Waals surface area contributed by atoms with E-state index in [0.717, 1.165) is 23.3 Å². The molecule has 0 aliphatic rings. The summed E-state index contributed by atoms with van der Waals surface area (Å²) in [5.41, 5.74) is 5.00. The van der Waals surface area contributed by atoms with Crippen molar-refractivity contribution in [1.29, 1.82) is 0 Å². The third kappa shape index (κ3) is 7.58. The predicted molar refractivity (Wildman–Crippen MR) is 128 cm³/mol. The van der Waals surface area contributed by atoms with Gasteiger partial charge in [0.15, 0.2) is 0 Å². The van der Waals surface area contributed by atoms with Crippen molar-refractivity contribution < 1.29 is 14.3 Å². The van der Waals surface area contributed by atoms with Crippen molar-refractivity contribution in [2.24, 2.45) is 5.10 Å². The second kappa shape index (κ2) is 13.0. The molecule has 0 aromatic heterocycles. The molecule has 1 N–H and O–H groups in total. The second-order valence-electron chi connectivity index (χ2n) is 7.44. The molecule has 3 aromatic carbocycles. The van der Waals surface area contributed by atoms with Crippen LogP contribution in [0, 0.1) is 0 Å². The van der Waals surface area contributed by atoms with Gasteiger partial charge in [-0.3, -0.25) is 4.79 Å². The molecule has 0 fully saturated rings. The van der Waals surface area contributed by atoms with Crippen LogP contribution in [-0.2, 0) is 6.61 Å². The van der Waals surface area contributed by atoms with Gasteiger partial charge in [-0.25, -0.2) is 5.43 Å². The largest absolute Gasteiger partial charge is 0.493 e. The van der Waals surface area contributed by atoms with Crippen molar-refractivity contribution in [2.45, 2.75) is 39.2 Å². The lowest BCUT2D eigenvalue weighted by molar-refractivity contribution is 0.0955. The first-order valence-corrected chi connectivity index (χ1v) is 11.1. The zero-order valence-corrected chi connectivity index (χ0v) is 18.5. The van der Waals surface area contributed by atoms with Crippen molar-refractivity contribution >= 4 is 12.1 Å². The van der Waals surface area contributed by atoms with Crippen LogP contribution in [0.1, 0.15) is 54.1 Å². The molecule has 0 heterocycles. The molecule has 0 spiro atoms. The number of carbonyl (C=O) groups is 1. The van der Waals surface area contributed by atoms with Crippen LogP contribution in [0.15, 0.2) is 84.0 Å². The highest BCUT2D eigenvalue weighted by molar-refractivity contribution is 5.95. The van der Waals surface area contributed by atoms with Crippen LogP contribution in [-0.4, -0.2) is 18.7 Å². The number of nitrogens with zero attached hydrogens (tertiary/aromatic N) is 1. The third-order valence-electron chi connectivity index (χ3n) is 4.91. The molecule has 0 atom stereocenters. The normalized spacial score (nSPS) is 10.8. The number of nitrogens with one attached hydrogen (secondary N) is 1. The molecule has 0 aliphatic carbocycles. The summed E-state index contributed by atoms with van der Waals surface area (Å²) < 4.78 is 11.6. The lowest BCUT2D eigenvalue weighted by atomic mass is 10.2. The Labute approximate surface area is 190 Å². The fourth-order valence-corrected chi connectivity index (χ4v) is 3.10. The van der Waals surface area contributed by atoms with Gasteiger partial charge in [0.2, 0.25) is 0 Å². The molecule has 3 aromatic rings. The summed E-state index contributed by atoms with van der Waals surface area (Å²) in [6, 6.07) is 24.6. The van der Waals surface area contributed by atoms with Crippen LogP contribution in [0.4, 0.5) is 0 Å². The van der Waals surface area contributed by atoms with Crippen LogP contribution >= 0.6 is 0 Å². The minimum Gasteiger partial charge on any atom is -0.493 e. The van der Waals surface area contributed by atoms with Gasteiger partial charge in [0, 0.05) is 11.1 Å². The zero-order chi connectivity index (χ0) is 22.4. The number of amides is 1. The summed E-state index contributed by atoms with van der Waals surface area (Å²) in [7, 11) is 0. The molecule has 1 amide bonds. The first-order valence-electron chi connectivity index (χ1n) is 11.1. The quantitative estimate of drug-likeness (QED) is 0.218. The number of hydrogen-bond acceptors (Lipinski definition) is 4. The van der Waals surface area contributed by atoms with Crippen molar-refractivity contribution in [3.63, 3.8) is 0 Å². The fraction of sp³-hybridized carbons (Fsp3) is 0.259. The molecule has 0 saturated heterocycles. The average molecular weight is 431 g/mol. The lowest BCUT2D eigenvalue weighted by Gasteiger charge is -2.09. The number of rotatable bonds is 12. The van der Waals surface area contributed by atoms with Gasteiger partial charge in [-0.2, -0.15) is 5.10 Å². The molecule has 166 valence electrons. The highest BCUT2D eigenvalue weighted by Crippen LogP contribution is 2.17. The standard InChI is InChI=1S/C27H30N2O3/c1-2-3-4-10-19-31-26-14-9-8-13-24(26)20-28-29-27(30)23-15-17-25(18-16-23)32-21-22-11-6-5-7-12-22/h5-9,11-18,20H,2-4,10,19,21H2,1H3,(H,29,30). The van der Waals surface area contributed by atoms with E-state index in [-0.39, 0.29) is 5.91 Å². The Balaban J connectivity index is 1.49. The van der Waals surface area contributed by atoms with Gasteiger partial charge >= 0.3 is 0 Å². The van der Waals surface area contributed by atoms with Crippen molar-refractivity contribution in [2.75, 3.05) is 6.61 Å². The molecule has 32 heavy (non-hydrogen) atoms. The molecule has 0 aliphatic heterocycles. The van der Waals surface area contributed by atoms with E-state index in [4.69, 9.17) is 9.47 Å². The van der Waals surface area contributed by atoms with Crippen molar-refractivity contribution in [1.82, 2.24) is 5.43 Å². The predicted octanol–water partition coefficient (Wildman–Crippen LogP) is 5.99. The van der Waals surface area contributed by atoms with Crippen LogP contribution in [0.25, 0.3) is 0 Å². The summed E-state index contributed by atoms with van der Waals surface area (Å²) in [5.74, 6) is 1.19. The molecule has 0 unspecified atom stereocenters. The SMILES string of the molecule is CCCCCCOc1ccccc1C=NNC(=O)c1ccc(OCc2ccccc2)cc1.